The molecule has 28 heavy (non-hydrogen) atoms. The van der Waals surface area contributed by atoms with Crippen molar-refractivity contribution in [3.05, 3.63) is 0 Å². The van der Waals surface area contributed by atoms with Gasteiger partial charge in [0.2, 0.25) is 0 Å². The van der Waals surface area contributed by atoms with E-state index < -0.39 is 0 Å². The van der Waals surface area contributed by atoms with Gasteiger partial charge in [-0.2, -0.15) is 0 Å². The number of carbonyl (C=O) groups is 2. The minimum absolute atomic E-state index is 0.147. The highest BCUT2D eigenvalue weighted by Gasteiger charge is 2.46. The Kier molecular flexibility index (Phi) is 5.72. The van der Waals surface area contributed by atoms with Crippen LogP contribution < -0.4 is 5.32 Å². The number of nitrogens with one attached hydrogen (secondary N) is 1. The highest BCUT2D eigenvalue weighted by molar-refractivity contribution is 5.78. The number of likely N-dealkylation sites (tertiary alicyclic amines) is 2. The van der Waals surface area contributed by atoms with Crippen LogP contribution >= 0.6 is 0 Å². The van der Waals surface area contributed by atoms with E-state index in [2.05, 4.69) is 22.0 Å². The zero-order valence-electron chi connectivity index (χ0n) is 17.5. The van der Waals surface area contributed by atoms with Crippen molar-refractivity contribution in [1.29, 1.82) is 0 Å². The molecule has 7 nitrogen and oxygen atoms in total. The van der Waals surface area contributed by atoms with E-state index in [1.807, 2.05) is 11.8 Å². The maximum Gasteiger partial charge on any atom is 0.409 e. The van der Waals surface area contributed by atoms with Crippen LogP contribution in [0.1, 0.15) is 65.2 Å². The lowest BCUT2D eigenvalue weighted by Crippen LogP contribution is -2.58. The number of ether oxygens (including phenoxy) is 1. The Hall–Kier alpha value is -1.50. The van der Waals surface area contributed by atoms with Gasteiger partial charge in [-0.15, -0.1) is 0 Å². The van der Waals surface area contributed by atoms with E-state index >= 15 is 0 Å². The minimum Gasteiger partial charge on any atom is -0.450 e. The lowest BCUT2D eigenvalue weighted by molar-refractivity contribution is 0.00124. The van der Waals surface area contributed by atoms with Gasteiger partial charge in [-0.25, -0.2) is 9.59 Å². The molecule has 3 aliphatic heterocycles. The monoisotopic (exact) mass is 392 g/mol. The maximum absolute atomic E-state index is 12.6. The first-order valence-corrected chi connectivity index (χ1v) is 11.3. The summed E-state index contributed by atoms with van der Waals surface area (Å²) in [4.78, 5) is 31.2. The number of hydrogen-bond acceptors (Lipinski definition) is 4. The van der Waals surface area contributed by atoms with Gasteiger partial charge in [-0.3, -0.25) is 4.90 Å². The molecule has 0 radical (unpaired) electrons. The molecule has 0 aromatic rings. The lowest BCUT2D eigenvalue weighted by Gasteiger charge is -2.50. The zero-order chi connectivity index (χ0) is 19.7. The summed E-state index contributed by atoms with van der Waals surface area (Å²) in [6.07, 6.45) is 8.73. The lowest BCUT2D eigenvalue weighted by atomic mass is 9.85. The summed E-state index contributed by atoms with van der Waals surface area (Å²) < 4.78 is 5.15. The molecule has 2 atom stereocenters. The summed E-state index contributed by atoms with van der Waals surface area (Å²) in [5.41, 5.74) is 0.147. The van der Waals surface area contributed by atoms with Crippen molar-refractivity contribution in [3.8, 4) is 0 Å². The summed E-state index contributed by atoms with van der Waals surface area (Å²) in [7, 11) is 0. The molecule has 3 saturated heterocycles. The van der Waals surface area contributed by atoms with Crippen molar-refractivity contribution in [2.24, 2.45) is 0 Å². The Morgan fingerprint density at radius 3 is 2.46 bits per heavy atom. The van der Waals surface area contributed by atoms with Crippen molar-refractivity contribution < 1.29 is 14.3 Å². The van der Waals surface area contributed by atoms with E-state index in [9.17, 15) is 9.59 Å². The van der Waals surface area contributed by atoms with Crippen LogP contribution in [-0.2, 0) is 4.74 Å². The van der Waals surface area contributed by atoms with Gasteiger partial charge in [-0.1, -0.05) is 12.8 Å². The van der Waals surface area contributed by atoms with Crippen LogP contribution in [0.2, 0.25) is 0 Å². The third-order valence-corrected chi connectivity index (χ3v) is 7.62. The molecule has 3 amide bonds. The molecule has 1 aliphatic carbocycles. The molecule has 1 N–H and O–H groups in total. The Morgan fingerprint density at radius 2 is 1.79 bits per heavy atom. The van der Waals surface area contributed by atoms with E-state index in [4.69, 9.17) is 4.74 Å². The molecule has 3 heterocycles. The van der Waals surface area contributed by atoms with E-state index in [0.717, 1.165) is 64.7 Å². The molecule has 1 saturated carbocycles. The van der Waals surface area contributed by atoms with Gasteiger partial charge in [0.15, 0.2) is 0 Å². The molecule has 0 aromatic carbocycles. The summed E-state index contributed by atoms with van der Waals surface area (Å²) in [5, 5.41) is 3.24. The zero-order valence-corrected chi connectivity index (χ0v) is 17.5. The predicted octanol–water partition coefficient (Wildman–Crippen LogP) is 2.80. The fourth-order valence-electron chi connectivity index (χ4n) is 5.82. The van der Waals surface area contributed by atoms with E-state index in [1.54, 1.807) is 0 Å². The highest BCUT2D eigenvalue weighted by atomic mass is 16.6. The van der Waals surface area contributed by atoms with Crippen molar-refractivity contribution in [3.63, 3.8) is 0 Å². The number of urea groups is 1. The standard InChI is InChI=1S/C21H36N4O3/c1-3-28-20(27)23-14-10-21(2,11-15-23)24-12-8-16(9-13-24)25-18-7-5-4-6-17(18)22-19(25)26/h16-18H,3-15H2,1-2H3,(H,22,26). The van der Waals surface area contributed by atoms with Gasteiger partial charge < -0.3 is 19.9 Å². The van der Waals surface area contributed by atoms with Crippen molar-refractivity contribution in [1.82, 2.24) is 20.0 Å². The number of fused-ring (bicyclic) bond motifs is 1. The molecule has 4 aliphatic rings. The fraction of sp³-hybridized carbons (Fsp3) is 0.905. The third kappa shape index (κ3) is 3.70. The van der Waals surface area contributed by atoms with Crippen LogP contribution in [0, 0.1) is 0 Å². The highest BCUT2D eigenvalue weighted by Crippen LogP contribution is 2.35. The minimum atomic E-state index is -0.176. The normalized spacial score (nSPS) is 31.4. The second-order valence-electron chi connectivity index (χ2n) is 9.22. The number of piperidine rings is 2. The molecule has 4 fully saturated rings. The first kappa shape index (κ1) is 19.8. The number of nitrogens with zero attached hydrogens (tertiary/aromatic N) is 3. The smallest absolute Gasteiger partial charge is 0.409 e. The SMILES string of the molecule is CCOC(=O)N1CCC(C)(N2CCC(N3C(=O)NC4CCCCC43)CC2)CC1. The number of carbonyl (C=O) groups excluding carboxylic acids is 2. The summed E-state index contributed by atoms with van der Waals surface area (Å²) in [5.74, 6) is 0. The van der Waals surface area contributed by atoms with E-state index in [-0.39, 0.29) is 17.7 Å². The Balaban J connectivity index is 1.31. The van der Waals surface area contributed by atoms with Gasteiger partial charge in [-0.05, 0) is 52.4 Å². The van der Waals surface area contributed by atoms with Crippen molar-refractivity contribution in [2.75, 3.05) is 32.8 Å². The predicted molar refractivity (Wildman–Crippen MR) is 107 cm³/mol. The summed E-state index contributed by atoms with van der Waals surface area (Å²) >= 11 is 0. The van der Waals surface area contributed by atoms with Crippen LogP contribution in [0.4, 0.5) is 9.59 Å². The van der Waals surface area contributed by atoms with Crippen LogP contribution in [0.15, 0.2) is 0 Å². The molecule has 0 bridgehead atoms. The Labute approximate surface area is 168 Å². The van der Waals surface area contributed by atoms with E-state index in [0.29, 0.717) is 24.7 Å². The maximum atomic E-state index is 12.6. The fourth-order valence-corrected chi connectivity index (χ4v) is 5.82. The molecular weight excluding hydrogens is 356 g/mol. The Morgan fingerprint density at radius 1 is 1.11 bits per heavy atom. The average molecular weight is 393 g/mol. The topological polar surface area (TPSA) is 65.1 Å². The molecule has 4 rings (SSSR count). The molecule has 0 spiro atoms. The van der Waals surface area contributed by atoms with Crippen molar-refractivity contribution >= 4 is 12.1 Å². The van der Waals surface area contributed by atoms with Crippen LogP contribution in [0.5, 0.6) is 0 Å². The quantitative estimate of drug-likeness (QED) is 0.802. The van der Waals surface area contributed by atoms with Gasteiger partial charge in [0, 0.05) is 37.8 Å². The summed E-state index contributed by atoms with van der Waals surface area (Å²) in [6, 6.07) is 1.35. The van der Waals surface area contributed by atoms with Crippen molar-refractivity contribution in [2.45, 2.75) is 88.9 Å². The number of hydrogen-bond donors (Lipinski definition) is 1. The third-order valence-electron chi connectivity index (χ3n) is 7.62. The largest absolute Gasteiger partial charge is 0.450 e. The first-order chi connectivity index (χ1) is 13.5. The van der Waals surface area contributed by atoms with E-state index in [1.165, 1.54) is 12.8 Å². The van der Waals surface area contributed by atoms with Gasteiger partial charge >= 0.3 is 12.1 Å². The van der Waals surface area contributed by atoms with Crippen LogP contribution in [-0.4, -0.2) is 83.3 Å². The summed E-state index contributed by atoms with van der Waals surface area (Å²) in [6.45, 7) is 8.26. The second kappa shape index (κ2) is 8.09. The molecule has 7 heteroatoms. The number of rotatable bonds is 3. The molecule has 158 valence electrons. The van der Waals surface area contributed by atoms with Gasteiger partial charge in [0.25, 0.3) is 0 Å². The number of amides is 3. The Bertz CT molecular complexity index is 582. The molecule has 2 unspecified atom stereocenters. The average Bonchev–Trinajstić information content (AvgIpc) is 3.04. The molecule has 0 aromatic heterocycles. The second-order valence-corrected chi connectivity index (χ2v) is 9.22. The molecular formula is C21H36N4O3. The van der Waals surface area contributed by atoms with Gasteiger partial charge in [0.1, 0.15) is 0 Å². The first-order valence-electron chi connectivity index (χ1n) is 11.3. The van der Waals surface area contributed by atoms with Gasteiger partial charge in [0.05, 0.1) is 18.7 Å². The van der Waals surface area contributed by atoms with Crippen LogP contribution in [0.25, 0.3) is 0 Å². The van der Waals surface area contributed by atoms with Crippen LogP contribution in [0.3, 0.4) is 0 Å².